The van der Waals surface area contributed by atoms with Crippen LogP contribution in [0.15, 0.2) is 36.4 Å². The number of amides is 1. The summed E-state index contributed by atoms with van der Waals surface area (Å²) >= 11 is 6.13. The van der Waals surface area contributed by atoms with Gasteiger partial charge in [-0.3, -0.25) is 4.79 Å². The minimum absolute atomic E-state index is 0.00457. The van der Waals surface area contributed by atoms with Gasteiger partial charge in [-0.25, -0.2) is 4.39 Å². The van der Waals surface area contributed by atoms with E-state index in [4.69, 9.17) is 17.3 Å². The first-order valence-electron chi connectivity index (χ1n) is 6.21. The Bertz CT molecular complexity index is 689. The second kappa shape index (κ2) is 6.01. The van der Waals surface area contributed by atoms with E-state index in [1.807, 2.05) is 19.0 Å². The van der Waals surface area contributed by atoms with Gasteiger partial charge in [-0.1, -0.05) is 11.6 Å². The number of nitrogens with one attached hydrogen (secondary N) is 1. The topological polar surface area (TPSA) is 58.4 Å². The van der Waals surface area contributed by atoms with Gasteiger partial charge in [0.2, 0.25) is 0 Å². The van der Waals surface area contributed by atoms with Crippen LogP contribution in [0, 0.1) is 5.82 Å². The van der Waals surface area contributed by atoms with E-state index in [0.29, 0.717) is 10.7 Å². The van der Waals surface area contributed by atoms with Gasteiger partial charge in [0.05, 0.1) is 16.4 Å². The van der Waals surface area contributed by atoms with Crippen LogP contribution in [0.1, 0.15) is 10.4 Å². The van der Waals surface area contributed by atoms with Crippen LogP contribution in [0.4, 0.5) is 21.5 Å². The van der Waals surface area contributed by atoms with Gasteiger partial charge >= 0.3 is 0 Å². The van der Waals surface area contributed by atoms with Crippen molar-refractivity contribution in [1.82, 2.24) is 0 Å². The van der Waals surface area contributed by atoms with E-state index in [1.54, 1.807) is 18.2 Å². The van der Waals surface area contributed by atoms with Crippen LogP contribution in [-0.4, -0.2) is 20.0 Å². The van der Waals surface area contributed by atoms with Crippen molar-refractivity contribution >= 4 is 34.6 Å². The maximum Gasteiger partial charge on any atom is 0.255 e. The van der Waals surface area contributed by atoms with Crippen LogP contribution in [0.5, 0.6) is 0 Å². The molecule has 110 valence electrons. The van der Waals surface area contributed by atoms with E-state index in [-0.39, 0.29) is 11.3 Å². The summed E-state index contributed by atoms with van der Waals surface area (Å²) in [5, 5.41) is 3.18. The highest BCUT2D eigenvalue weighted by Gasteiger charge is 2.10. The highest BCUT2D eigenvalue weighted by atomic mass is 35.5. The Balaban J connectivity index is 2.19. The molecule has 0 saturated heterocycles. The first-order valence-corrected chi connectivity index (χ1v) is 6.59. The standard InChI is InChI=1S/C15H15ClFN3O/c1-20(2)14-6-4-10(8-11(14)16)19-15(21)9-3-5-13(18)12(17)7-9/h3-8H,18H2,1-2H3,(H,19,21). The molecule has 1 amide bonds. The quantitative estimate of drug-likeness (QED) is 0.855. The fourth-order valence-corrected chi connectivity index (χ4v) is 2.17. The van der Waals surface area contributed by atoms with Crippen LogP contribution in [0.25, 0.3) is 0 Å². The first-order chi connectivity index (χ1) is 9.88. The summed E-state index contributed by atoms with van der Waals surface area (Å²) < 4.78 is 13.4. The highest BCUT2D eigenvalue weighted by Crippen LogP contribution is 2.27. The van der Waals surface area contributed by atoms with E-state index in [1.165, 1.54) is 12.1 Å². The number of nitrogens with two attached hydrogens (primary N) is 1. The summed E-state index contributed by atoms with van der Waals surface area (Å²) in [4.78, 5) is 13.9. The van der Waals surface area contributed by atoms with Gasteiger partial charge in [-0.2, -0.15) is 0 Å². The van der Waals surface area contributed by atoms with Crippen molar-refractivity contribution in [3.05, 3.63) is 52.8 Å². The average molecular weight is 308 g/mol. The number of benzene rings is 2. The molecule has 0 unspecified atom stereocenters. The van der Waals surface area contributed by atoms with Crippen molar-refractivity contribution in [2.24, 2.45) is 0 Å². The fourth-order valence-electron chi connectivity index (χ4n) is 1.82. The van der Waals surface area contributed by atoms with Crippen LogP contribution in [0.3, 0.4) is 0 Å². The number of halogens is 2. The van der Waals surface area contributed by atoms with Gasteiger partial charge in [-0.15, -0.1) is 0 Å². The summed E-state index contributed by atoms with van der Waals surface area (Å²) in [5.74, 6) is -1.05. The average Bonchev–Trinajstić information content (AvgIpc) is 2.41. The van der Waals surface area contributed by atoms with Gasteiger partial charge in [0.15, 0.2) is 0 Å². The summed E-state index contributed by atoms with van der Waals surface area (Å²) in [6, 6.07) is 9.08. The third-order valence-corrected chi connectivity index (χ3v) is 3.25. The zero-order valence-electron chi connectivity index (χ0n) is 11.7. The summed E-state index contributed by atoms with van der Waals surface area (Å²) in [6.45, 7) is 0. The van der Waals surface area contributed by atoms with Gasteiger partial charge < -0.3 is 16.0 Å². The normalized spacial score (nSPS) is 10.3. The van der Waals surface area contributed by atoms with Gasteiger partial charge in [-0.05, 0) is 36.4 Å². The molecular formula is C15H15ClFN3O. The smallest absolute Gasteiger partial charge is 0.255 e. The van der Waals surface area contributed by atoms with Crippen LogP contribution in [0.2, 0.25) is 5.02 Å². The van der Waals surface area contributed by atoms with Crippen molar-refractivity contribution in [2.75, 3.05) is 30.0 Å². The van der Waals surface area contributed by atoms with E-state index in [2.05, 4.69) is 5.32 Å². The molecule has 3 N–H and O–H groups in total. The highest BCUT2D eigenvalue weighted by molar-refractivity contribution is 6.33. The van der Waals surface area contributed by atoms with E-state index in [9.17, 15) is 9.18 Å². The lowest BCUT2D eigenvalue weighted by molar-refractivity contribution is 0.102. The Morgan fingerprint density at radius 3 is 2.52 bits per heavy atom. The Labute approximate surface area is 127 Å². The molecule has 0 aliphatic heterocycles. The van der Waals surface area contributed by atoms with Crippen molar-refractivity contribution in [3.63, 3.8) is 0 Å². The molecule has 0 aliphatic carbocycles. The molecule has 0 aliphatic rings. The molecule has 0 spiro atoms. The van der Waals surface area contributed by atoms with Gasteiger partial charge in [0.25, 0.3) is 5.91 Å². The number of nitrogen functional groups attached to an aromatic ring is 1. The van der Waals surface area contributed by atoms with Gasteiger partial charge in [0, 0.05) is 25.3 Å². The third kappa shape index (κ3) is 3.44. The number of anilines is 3. The minimum Gasteiger partial charge on any atom is -0.396 e. The van der Waals surface area contributed by atoms with Crippen molar-refractivity contribution in [3.8, 4) is 0 Å². The molecule has 0 fully saturated rings. The molecule has 0 saturated carbocycles. The molecule has 0 atom stereocenters. The molecule has 4 nitrogen and oxygen atoms in total. The number of rotatable bonds is 3. The lowest BCUT2D eigenvalue weighted by atomic mass is 10.1. The predicted molar refractivity (Wildman–Crippen MR) is 84.5 cm³/mol. The van der Waals surface area contributed by atoms with Crippen LogP contribution in [-0.2, 0) is 0 Å². The summed E-state index contributed by atoms with van der Waals surface area (Å²) in [5.41, 5.74) is 6.95. The number of nitrogens with zero attached hydrogens (tertiary/aromatic N) is 1. The van der Waals surface area contributed by atoms with Crippen molar-refractivity contribution in [2.45, 2.75) is 0 Å². The largest absolute Gasteiger partial charge is 0.396 e. The molecule has 21 heavy (non-hydrogen) atoms. The van der Waals surface area contributed by atoms with Crippen molar-refractivity contribution in [1.29, 1.82) is 0 Å². The monoisotopic (exact) mass is 307 g/mol. The summed E-state index contributed by atoms with van der Waals surface area (Å²) in [6.07, 6.45) is 0. The van der Waals surface area contributed by atoms with E-state index in [0.717, 1.165) is 11.8 Å². The maximum atomic E-state index is 13.4. The number of hydrogen-bond acceptors (Lipinski definition) is 3. The molecule has 6 heteroatoms. The SMILES string of the molecule is CN(C)c1ccc(NC(=O)c2ccc(N)c(F)c2)cc1Cl. The molecule has 0 heterocycles. The third-order valence-electron chi connectivity index (χ3n) is 2.95. The van der Waals surface area contributed by atoms with Crippen molar-refractivity contribution < 1.29 is 9.18 Å². The zero-order valence-corrected chi connectivity index (χ0v) is 12.4. The molecule has 0 aromatic heterocycles. The van der Waals surface area contributed by atoms with Crippen LogP contribution >= 0.6 is 11.6 Å². The number of carbonyl (C=O) groups is 1. The predicted octanol–water partition coefficient (Wildman–Crippen LogP) is 3.38. The number of hydrogen-bond donors (Lipinski definition) is 2. The molecule has 0 bridgehead atoms. The van der Waals surface area contributed by atoms with Crippen LogP contribution < -0.4 is 16.0 Å². The molecule has 2 aromatic rings. The molecular weight excluding hydrogens is 293 g/mol. The number of carbonyl (C=O) groups excluding carboxylic acids is 1. The van der Waals surface area contributed by atoms with E-state index < -0.39 is 11.7 Å². The van der Waals surface area contributed by atoms with Gasteiger partial charge in [0.1, 0.15) is 5.82 Å². The Morgan fingerprint density at radius 2 is 1.95 bits per heavy atom. The Morgan fingerprint density at radius 1 is 1.24 bits per heavy atom. The lowest BCUT2D eigenvalue weighted by Crippen LogP contribution is -2.13. The Hall–Kier alpha value is -2.27. The molecule has 2 rings (SSSR count). The molecule has 0 radical (unpaired) electrons. The Kier molecular flexibility index (Phi) is 4.33. The summed E-state index contributed by atoms with van der Waals surface area (Å²) in [7, 11) is 3.74. The molecule has 2 aromatic carbocycles. The minimum atomic E-state index is -0.622. The second-order valence-electron chi connectivity index (χ2n) is 4.75. The van der Waals surface area contributed by atoms with E-state index >= 15 is 0 Å². The fraction of sp³-hybridized carbons (Fsp3) is 0.133. The first kappa shape index (κ1) is 15.1. The zero-order chi connectivity index (χ0) is 15.6. The second-order valence-corrected chi connectivity index (χ2v) is 5.16. The lowest BCUT2D eigenvalue weighted by Gasteiger charge is -2.15. The maximum absolute atomic E-state index is 13.4.